The Balaban J connectivity index is 1.73. The van der Waals surface area contributed by atoms with E-state index in [1.54, 1.807) is 0 Å². The molecule has 4 rings (SSSR count). The third-order valence-electron chi connectivity index (χ3n) is 6.17. The molecule has 1 saturated heterocycles. The number of nitrogens with one attached hydrogen (secondary N) is 1. The second-order valence-corrected chi connectivity index (χ2v) is 7.32. The first kappa shape index (κ1) is 17.3. The first-order valence-corrected chi connectivity index (χ1v) is 9.35. The molecule has 1 aromatic heterocycles. The average Bonchev–Trinajstić information content (AvgIpc) is 3.07. The fourth-order valence-corrected chi connectivity index (χ4v) is 4.81. The molecule has 0 saturated carbocycles. The molecule has 3 atom stereocenters. The molecule has 0 aliphatic carbocycles. The number of hydrogen-bond donors (Lipinski definition) is 2. The second-order valence-electron chi connectivity index (χ2n) is 7.32. The van der Waals surface area contributed by atoms with Crippen LogP contribution in [0.3, 0.4) is 0 Å². The lowest BCUT2D eigenvalue weighted by Crippen LogP contribution is -2.45. The van der Waals surface area contributed by atoms with E-state index in [1.165, 1.54) is 34.8 Å². The van der Waals surface area contributed by atoms with Crippen LogP contribution in [0.25, 0.3) is 10.9 Å². The number of aromatic nitrogens is 1. The highest BCUT2D eigenvalue weighted by molar-refractivity contribution is 5.85. The number of ether oxygens (including phenoxy) is 1. The number of methoxy groups -OCH3 is 1. The van der Waals surface area contributed by atoms with Crippen molar-refractivity contribution in [3.8, 4) is 0 Å². The maximum absolute atomic E-state index is 12.2. The highest BCUT2D eigenvalue weighted by Crippen LogP contribution is 2.44. The van der Waals surface area contributed by atoms with Crippen molar-refractivity contribution in [2.45, 2.75) is 25.8 Å². The summed E-state index contributed by atoms with van der Waals surface area (Å²) in [4.78, 5) is 18.3. The Labute approximate surface area is 153 Å². The van der Waals surface area contributed by atoms with Crippen molar-refractivity contribution >= 4 is 16.9 Å². The molecule has 3 heterocycles. The number of hydrogen-bond acceptors (Lipinski definition) is 4. The summed E-state index contributed by atoms with van der Waals surface area (Å²) in [5.41, 5.74) is 5.09. The molecular formula is C21H26N2O3. The molecule has 2 N–H and O–H groups in total. The van der Waals surface area contributed by atoms with Gasteiger partial charge in [-0.1, -0.05) is 29.8 Å². The molecule has 2 aliphatic rings. The van der Waals surface area contributed by atoms with Crippen molar-refractivity contribution < 1.29 is 14.6 Å². The highest BCUT2D eigenvalue weighted by atomic mass is 16.5. The number of H-pyrrole nitrogens is 1. The van der Waals surface area contributed by atoms with Crippen LogP contribution >= 0.6 is 0 Å². The summed E-state index contributed by atoms with van der Waals surface area (Å²) in [6.45, 7) is 3.70. The van der Waals surface area contributed by atoms with Gasteiger partial charge in [-0.05, 0) is 37.3 Å². The van der Waals surface area contributed by atoms with E-state index in [9.17, 15) is 9.90 Å². The number of esters is 1. The maximum atomic E-state index is 12.2. The minimum Gasteiger partial charge on any atom is -0.469 e. The van der Waals surface area contributed by atoms with E-state index in [0.717, 1.165) is 25.9 Å². The second kappa shape index (κ2) is 6.89. The average molecular weight is 354 g/mol. The minimum absolute atomic E-state index is 0.0102. The lowest BCUT2D eigenvalue weighted by molar-refractivity contribution is -0.149. The van der Waals surface area contributed by atoms with Crippen LogP contribution in [-0.4, -0.2) is 47.8 Å². The zero-order chi connectivity index (χ0) is 18.3. The first-order valence-electron chi connectivity index (χ1n) is 9.35. The van der Waals surface area contributed by atoms with Crippen LogP contribution in [0.1, 0.15) is 30.6 Å². The molecule has 2 aliphatic heterocycles. The number of piperidine rings is 1. The van der Waals surface area contributed by atoms with Gasteiger partial charge in [-0.25, -0.2) is 0 Å². The Kier molecular flexibility index (Phi) is 4.59. The van der Waals surface area contributed by atoms with Gasteiger partial charge in [-0.2, -0.15) is 0 Å². The quantitative estimate of drug-likeness (QED) is 0.657. The van der Waals surface area contributed by atoms with Gasteiger partial charge in [-0.15, -0.1) is 0 Å². The predicted octanol–water partition coefficient (Wildman–Crippen LogP) is 2.81. The highest BCUT2D eigenvalue weighted by Gasteiger charge is 2.42. The summed E-state index contributed by atoms with van der Waals surface area (Å²) in [5.74, 6) is -0.808. The number of rotatable bonds is 3. The molecule has 5 heteroatoms. The summed E-state index contributed by atoms with van der Waals surface area (Å²) >= 11 is 0. The summed E-state index contributed by atoms with van der Waals surface area (Å²) in [5, 5.41) is 11.2. The molecule has 0 radical (unpaired) electrons. The van der Waals surface area contributed by atoms with E-state index < -0.39 is 5.92 Å². The van der Waals surface area contributed by atoms with Crippen molar-refractivity contribution in [3.63, 3.8) is 0 Å². The van der Waals surface area contributed by atoms with Crippen LogP contribution < -0.4 is 0 Å². The summed E-state index contributed by atoms with van der Waals surface area (Å²) in [6.07, 6.45) is 3.96. The number of carbonyl (C=O) groups excluding carboxylic acids is 1. The maximum Gasteiger partial charge on any atom is 0.311 e. The molecule has 2 aromatic rings. The van der Waals surface area contributed by atoms with E-state index in [0.29, 0.717) is 0 Å². The molecular weight excluding hydrogens is 328 g/mol. The number of benzene rings is 1. The smallest absolute Gasteiger partial charge is 0.311 e. The number of aliphatic hydroxyl groups is 1. The van der Waals surface area contributed by atoms with Crippen LogP contribution in [0, 0.1) is 11.8 Å². The van der Waals surface area contributed by atoms with Gasteiger partial charge in [0.05, 0.1) is 25.7 Å². The van der Waals surface area contributed by atoms with Crippen LogP contribution in [0.4, 0.5) is 0 Å². The SMILES string of the molecule is C/C=C1/CN2CCc3c([nH]c4ccccc34)[C@@H]2C[C@@H]1[C@@H](CO)C(=O)OC. The topological polar surface area (TPSA) is 65.6 Å². The number of fused-ring (bicyclic) bond motifs is 5. The molecule has 0 unspecified atom stereocenters. The van der Waals surface area contributed by atoms with Crippen LogP contribution in [0.2, 0.25) is 0 Å². The zero-order valence-electron chi connectivity index (χ0n) is 15.4. The van der Waals surface area contributed by atoms with Crippen molar-refractivity contribution in [2.24, 2.45) is 11.8 Å². The number of para-hydroxylation sites is 1. The van der Waals surface area contributed by atoms with E-state index >= 15 is 0 Å². The van der Waals surface area contributed by atoms with Gasteiger partial charge in [-0.3, -0.25) is 9.69 Å². The predicted molar refractivity (Wildman–Crippen MR) is 101 cm³/mol. The van der Waals surface area contributed by atoms with E-state index in [-0.39, 0.29) is 24.5 Å². The van der Waals surface area contributed by atoms with Gasteiger partial charge >= 0.3 is 5.97 Å². The summed E-state index contributed by atoms with van der Waals surface area (Å²) in [7, 11) is 1.39. The lowest BCUT2D eigenvalue weighted by atomic mass is 9.75. The van der Waals surface area contributed by atoms with Crippen molar-refractivity contribution in [3.05, 3.63) is 47.2 Å². The van der Waals surface area contributed by atoms with Crippen molar-refractivity contribution in [1.29, 1.82) is 0 Å². The number of nitrogens with zero attached hydrogens (tertiary/aromatic N) is 1. The Bertz CT molecular complexity index is 854. The molecule has 0 bridgehead atoms. The summed E-state index contributed by atoms with van der Waals surface area (Å²) in [6, 6.07) is 8.70. The van der Waals surface area contributed by atoms with Crippen molar-refractivity contribution in [2.75, 3.05) is 26.8 Å². The monoisotopic (exact) mass is 354 g/mol. The third-order valence-corrected chi connectivity index (χ3v) is 6.17. The summed E-state index contributed by atoms with van der Waals surface area (Å²) < 4.78 is 4.96. The van der Waals surface area contributed by atoms with Gasteiger partial charge in [0.1, 0.15) is 0 Å². The fourth-order valence-electron chi connectivity index (χ4n) is 4.81. The lowest BCUT2D eigenvalue weighted by Gasteiger charge is -2.45. The van der Waals surface area contributed by atoms with Gasteiger partial charge in [0, 0.05) is 29.7 Å². The molecule has 1 fully saturated rings. The van der Waals surface area contributed by atoms with Crippen LogP contribution in [0.15, 0.2) is 35.9 Å². The third kappa shape index (κ3) is 2.66. The molecule has 138 valence electrons. The van der Waals surface area contributed by atoms with Gasteiger partial charge in [0.2, 0.25) is 0 Å². The Morgan fingerprint density at radius 3 is 3.00 bits per heavy atom. The fraction of sp³-hybridized carbons (Fsp3) is 0.476. The standard InChI is InChI=1S/C21H26N2O3/c1-3-13-11-23-9-8-15-14-6-4-5-7-18(14)22-20(15)19(23)10-16(13)17(12-24)21(25)26-2/h3-7,16-17,19,22,24H,8-12H2,1-2H3/b13-3-/t16-,17+,19-/m0/s1. The molecule has 1 aromatic carbocycles. The van der Waals surface area contributed by atoms with E-state index in [1.807, 2.05) is 6.92 Å². The Hall–Kier alpha value is -2.11. The number of allylic oxidation sites excluding steroid dienone is 1. The minimum atomic E-state index is -0.497. The molecule has 5 nitrogen and oxygen atoms in total. The number of aromatic amines is 1. The number of aliphatic hydroxyl groups excluding tert-OH is 1. The number of carbonyl (C=O) groups is 1. The molecule has 26 heavy (non-hydrogen) atoms. The Morgan fingerprint density at radius 1 is 1.46 bits per heavy atom. The van der Waals surface area contributed by atoms with Crippen LogP contribution in [0.5, 0.6) is 0 Å². The Morgan fingerprint density at radius 2 is 2.27 bits per heavy atom. The van der Waals surface area contributed by atoms with Gasteiger partial charge in [0.15, 0.2) is 0 Å². The van der Waals surface area contributed by atoms with Crippen LogP contribution in [-0.2, 0) is 16.0 Å². The molecule has 0 spiro atoms. The first-order chi connectivity index (χ1) is 12.7. The zero-order valence-corrected chi connectivity index (χ0v) is 15.4. The van der Waals surface area contributed by atoms with Gasteiger partial charge < -0.3 is 14.8 Å². The molecule has 0 amide bonds. The van der Waals surface area contributed by atoms with E-state index in [4.69, 9.17) is 4.74 Å². The largest absolute Gasteiger partial charge is 0.469 e. The normalized spacial score (nSPS) is 25.7. The van der Waals surface area contributed by atoms with Crippen molar-refractivity contribution in [1.82, 2.24) is 9.88 Å². The van der Waals surface area contributed by atoms with E-state index in [2.05, 4.69) is 40.2 Å². The van der Waals surface area contributed by atoms with Gasteiger partial charge in [0.25, 0.3) is 0 Å².